The van der Waals surface area contributed by atoms with E-state index in [9.17, 15) is 14.4 Å². The van der Waals surface area contributed by atoms with Crippen LogP contribution in [0, 0.1) is 0 Å². The lowest BCUT2D eigenvalue weighted by Gasteiger charge is -2.22. The van der Waals surface area contributed by atoms with Crippen molar-refractivity contribution in [1.82, 2.24) is 10.2 Å². The maximum atomic E-state index is 12.4. The first kappa shape index (κ1) is 19.2. The third-order valence-electron chi connectivity index (χ3n) is 4.17. The average molecular weight is 413 g/mol. The van der Waals surface area contributed by atoms with E-state index in [0.717, 1.165) is 9.37 Å². The van der Waals surface area contributed by atoms with Crippen LogP contribution >= 0.6 is 15.9 Å². The van der Waals surface area contributed by atoms with Gasteiger partial charge in [0.15, 0.2) is 0 Å². The van der Waals surface area contributed by atoms with E-state index in [1.807, 2.05) is 26.0 Å². The topological polar surface area (TPSA) is 84.9 Å². The van der Waals surface area contributed by atoms with E-state index >= 15 is 0 Å². The number of nitrogens with zero attached hydrogens (tertiary/aromatic N) is 1. The fraction of sp³-hybridized carbons (Fsp3) is 0.471. The van der Waals surface area contributed by atoms with E-state index in [4.69, 9.17) is 9.47 Å². The fourth-order valence-electron chi connectivity index (χ4n) is 2.57. The Bertz CT molecular complexity index is 643. The minimum Gasteiger partial charge on any atom is -0.490 e. The molecule has 0 saturated carbocycles. The van der Waals surface area contributed by atoms with Crippen LogP contribution in [0.1, 0.15) is 26.7 Å². The van der Waals surface area contributed by atoms with Gasteiger partial charge in [0.1, 0.15) is 31.0 Å². The molecule has 0 aliphatic carbocycles. The van der Waals surface area contributed by atoms with Crippen LogP contribution < -0.4 is 10.1 Å². The van der Waals surface area contributed by atoms with Gasteiger partial charge in [0, 0.05) is 4.47 Å². The number of esters is 1. The van der Waals surface area contributed by atoms with E-state index in [1.54, 1.807) is 12.1 Å². The Hall–Kier alpha value is -2.09. The van der Waals surface area contributed by atoms with Crippen molar-refractivity contribution in [3.05, 3.63) is 28.7 Å². The minimum atomic E-state index is -0.915. The van der Waals surface area contributed by atoms with Gasteiger partial charge in [-0.05, 0) is 37.1 Å². The molecule has 25 heavy (non-hydrogen) atoms. The smallest absolute Gasteiger partial charge is 0.326 e. The molecule has 1 saturated heterocycles. The number of carbonyl (C=O) groups is 3. The molecule has 0 aromatic heterocycles. The van der Waals surface area contributed by atoms with Crippen LogP contribution in [-0.4, -0.2) is 48.1 Å². The highest BCUT2D eigenvalue weighted by Gasteiger charge is 2.49. The number of nitrogens with one attached hydrogen (secondary N) is 1. The number of ether oxygens (including phenoxy) is 2. The maximum Gasteiger partial charge on any atom is 0.326 e. The van der Waals surface area contributed by atoms with E-state index < -0.39 is 24.1 Å². The molecule has 1 aliphatic heterocycles. The molecule has 136 valence electrons. The lowest BCUT2D eigenvalue weighted by Crippen LogP contribution is -2.46. The van der Waals surface area contributed by atoms with Crippen LogP contribution in [0.25, 0.3) is 0 Å². The van der Waals surface area contributed by atoms with Gasteiger partial charge in [-0.15, -0.1) is 0 Å². The highest BCUT2D eigenvalue weighted by Crippen LogP contribution is 2.24. The third kappa shape index (κ3) is 4.50. The van der Waals surface area contributed by atoms with Gasteiger partial charge >= 0.3 is 12.0 Å². The quantitative estimate of drug-likeness (QED) is 0.402. The van der Waals surface area contributed by atoms with E-state index in [-0.39, 0.29) is 19.1 Å². The minimum absolute atomic E-state index is 0.0330. The highest BCUT2D eigenvalue weighted by atomic mass is 79.9. The van der Waals surface area contributed by atoms with E-state index in [1.165, 1.54) is 0 Å². The zero-order chi connectivity index (χ0) is 18.4. The number of imide groups is 1. The second-order valence-corrected chi connectivity index (χ2v) is 6.55. The molecule has 0 spiro atoms. The number of halogens is 1. The molecule has 1 aliphatic rings. The first-order valence-electron chi connectivity index (χ1n) is 8.10. The molecule has 8 heteroatoms. The Morgan fingerprint density at radius 3 is 2.36 bits per heavy atom. The van der Waals surface area contributed by atoms with Crippen molar-refractivity contribution in [3.8, 4) is 5.75 Å². The zero-order valence-corrected chi connectivity index (χ0v) is 15.8. The van der Waals surface area contributed by atoms with Gasteiger partial charge in [-0.2, -0.15) is 0 Å². The van der Waals surface area contributed by atoms with E-state index in [2.05, 4.69) is 21.2 Å². The average Bonchev–Trinajstić information content (AvgIpc) is 2.85. The lowest BCUT2D eigenvalue weighted by atomic mass is 9.93. The van der Waals surface area contributed by atoms with Crippen LogP contribution in [-0.2, 0) is 14.3 Å². The lowest BCUT2D eigenvalue weighted by molar-refractivity contribution is -0.148. The Morgan fingerprint density at radius 2 is 1.80 bits per heavy atom. The largest absolute Gasteiger partial charge is 0.490 e. The summed E-state index contributed by atoms with van der Waals surface area (Å²) in [6, 6.07) is 6.69. The first-order chi connectivity index (χ1) is 11.9. The molecular weight excluding hydrogens is 392 g/mol. The Labute approximate surface area is 154 Å². The predicted octanol–water partition coefficient (Wildman–Crippen LogP) is 2.48. The van der Waals surface area contributed by atoms with Gasteiger partial charge in [-0.25, -0.2) is 4.79 Å². The van der Waals surface area contributed by atoms with Crippen molar-refractivity contribution in [2.75, 3.05) is 19.8 Å². The summed E-state index contributed by atoms with van der Waals surface area (Å²) in [5.41, 5.74) is -0.915. The van der Waals surface area contributed by atoms with Gasteiger partial charge in [-0.1, -0.05) is 29.8 Å². The van der Waals surface area contributed by atoms with Crippen molar-refractivity contribution in [2.24, 2.45) is 0 Å². The molecule has 0 atom stereocenters. The van der Waals surface area contributed by atoms with Crippen LogP contribution in [0.4, 0.5) is 4.79 Å². The number of urea groups is 1. The van der Waals surface area contributed by atoms with Gasteiger partial charge in [0.05, 0.1) is 0 Å². The fourth-order valence-corrected chi connectivity index (χ4v) is 2.83. The molecule has 1 N–H and O–H groups in total. The summed E-state index contributed by atoms with van der Waals surface area (Å²) in [6.45, 7) is 3.46. The summed E-state index contributed by atoms with van der Waals surface area (Å²) in [5, 5.41) is 2.67. The van der Waals surface area contributed by atoms with Gasteiger partial charge in [-0.3, -0.25) is 14.5 Å². The molecule has 0 bridgehead atoms. The standard InChI is InChI=1S/C17H21BrN2O5/c1-3-17(4-2)15(22)20(16(23)19-17)11-14(21)25-10-9-24-13-7-5-12(18)6-8-13/h5-8H,3-4,9-11H2,1-2H3,(H,19,23). The molecule has 7 nitrogen and oxygen atoms in total. The first-order valence-corrected chi connectivity index (χ1v) is 8.89. The summed E-state index contributed by atoms with van der Waals surface area (Å²) in [5.74, 6) is -0.375. The Morgan fingerprint density at radius 1 is 1.16 bits per heavy atom. The summed E-state index contributed by atoms with van der Waals surface area (Å²) < 4.78 is 11.4. The van der Waals surface area contributed by atoms with Crippen molar-refractivity contribution < 1.29 is 23.9 Å². The number of carbonyl (C=O) groups excluding carboxylic acids is 3. The molecular formula is C17H21BrN2O5. The third-order valence-corrected chi connectivity index (χ3v) is 4.70. The molecule has 1 aromatic carbocycles. The normalized spacial score (nSPS) is 15.9. The summed E-state index contributed by atoms with van der Waals surface area (Å²) in [7, 11) is 0. The second-order valence-electron chi connectivity index (χ2n) is 5.63. The van der Waals surface area contributed by atoms with Gasteiger partial charge < -0.3 is 14.8 Å². The van der Waals surface area contributed by atoms with Gasteiger partial charge in [0.2, 0.25) is 0 Å². The van der Waals surface area contributed by atoms with Crippen molar-refractivity contribution >= 4 is 33.8 Å². The molecule has 1 fully saturated rings. The molecule has 1 aromatic rings. The van der Waals surface area contributed by atoms with Crippen LogP contribution in [0.15, 0.2) is 28.7 Å². The predicted molar refractivity (Wildman–Crippen MR) is 94.2 cm³/mol. The number of amides is 3. The van der Waals surface area contributed by atoms with Crippen LogP contribution in [0.5, 0.6) is 5.75 Å². The molecule has 3 amide bonds. The molecule has 0 radical (unpaired) electrons. The van der Waals surface area contributed by atoms with Crippen LogP contribution in [0.2, 0.25) is 0 Å². The number of hydrogen-bond acceptors (Lipinski definition) is 5. The maximum absolute atomic E-state index is 12.4. The van der Waals surface area contributed by atoms with Crippen molar-refractivity contribution in [3.63, 3.8) is 0 Å². The van der Waals surface area contributed by atoms with Gasteiger partial charge in [0.25, 0.3) is 5.91 Å². The number of benzene rings is 1. The highest BCUT2D eigenvalue weighted by molar-refractivity contribution is 9.10. The number of rotatable bonds is 8. The number of hydrogen-bond donors (Lipinski definition) is 1. The zero-order valence-electron chi connectivity index (χ0n) is 14.2. The SMILES string of the molecule is CCC1(CC)NC(=O)N(CC(=O)OCCOc2ccc(Br)cc2)C1=O. The monoisotopic (exact) mass is 412 g/mol. The van der Waals surface area contributed by atoms with Crippen molar-refractivity contribution in [1.29, 1.82) is 0 Å². The second kappa shape index (κ2) is 8.33. The van der Waals surface area contributed by atoms with E-state index in [0.29, 0.717) is 18.6 Å². The summed E-state index contributed by atoms with van der Waals surface area (Å²) in [6.07, 6.45) is 0.946. The Kier molecular flexibility index (Phi) is 6.41. The molecule has 1 heterocycles. The van der Waals surface area contributed by atoms with Crippen molar-refractivity contribution in [2.45, 2.75) is 32.2 Å². The Balaban J connectivity index is 1.77. The molecule has 2 rings (SSSR count). The molecule has 0 unspecified atom stereocenters. The van der Waals surface area contributed by atoms with Crippen LogP contribution in [0.3, 0.4) is 0 Å². The summed E-state index contributed by atoms with van der Waals surface area (Å²) in [4.78, 5) is 37.1. The summed E-state index contributed by atoms with van der Waals surface area (Å²) >= 11 is 3.33.